The van der Waals surface area contributed by atoms with Gasteiger partial charge >= 0.3 is 5.97 Å². The number of carboxylic acid groups (broad SMARTS) is 1. The Bertz CT molecular complexity index is 720. The van der Waals surface area contributed by atoms with Crippen LogP contribution < -0.4 is 4.74 Å². The van der Waals surface area contributed by atoms with Gasteiger partial charge in [0, 0.05) is 57.7 Å². The average Bonchev–Trinajstić information content (AvgIpc) is 2.76. The fraction of sp³-hybridized carbons (Fsp3) is 0.652. The third-order valence-corrected chi connectivity index (χ3v) is 5.36. The number of hydrogen-bond donors (Lipinski definition) is 1. The first-order valence-corrected chi connectivity index (χ1v) is 10.6. The standard InChI is InChI=1S/C23H35NO6/c1-18(2)24(22(27)23(28-3)12-15-29-16-13-23)17-19-9-6-7-10-20(19)30-14-8-4-5-11-21(25)26/h6-7,9-10,18H,4-5,8,11-17H2,1-3H3,(H,25,26)/i17D. The van der Waals surface area contributed by atoms with E-state index in [2.05, 4.69) is 0 Å². The highest BCUT2D eigenvalue weighted by molar-refractivity contribution is 5.85. The predicted octanol–water partition coefficient (Wildman–Crippen LogP) is 3.64. The van der Waals surface area contributed by atoms with Gasteiger partial charge in [0.2, 0.25) is 0 Å². The first kappa shape index (κ1) is 22.6. The minimum atomic E-state index is -0.970. The van der Waals surface area contributed by atoms with E-state index in [1.807, 2.05) is 32.0 Å². The zero-order chi connectivity index (χ0) is 22.9. The van der Waals surface area contributed by atoms with Gasteiger partial charge in [-0.2, -0.15) is 0 Å². The van der Waals surface area contributed by atoms with Crippen LogP contribution in [0.2, 0.25) is 0 Å². The van der Waals surface area contributed by atoms with E-state index in [0.717, 1.165) is 12.8 Å². The summed E-state index contributed by atoms with van der Waals surface area (Å²) in [7, 11) is 1.54. The van der Waals surface area contributed by atoms with Crippen LogP contribution >= 0.6 is 0 Å². The molecule has 0 spiro atoms. The van der Waals surface area contributed by atoms with E-state index in [1.54, 1.807) is 18.1 Å². The zero-order valence-electron chi connectivity index (χ0n) is 19.3. The van der Waals surface area contributed by atoms with Crippen LogP contribution in [0.15, 0.2) is 24.3 Å². The van der Waals surface area contributed by atoms with Crippen LogP contribution in [-0.2, 0) is 25.6 Å². The molecule has 1 heterocycles. The molecule has 7 heteroatoms. The third-order valence-electron chi connectivity index (χ3n) is 5.36. The van der Waals surface area contributed by atoms with E-state index in [0.29, 0.717) is 50.4 Å². The molecule has 168 valence electrons. The second-order valence-corrected chi connectivity index (χ2v) is 7.84. The Morgan fingerprint density at radius 1 is 1.23 bits per heavy atom. The second-order valence-electron chi connectivity index (χ2n) is 7.84. The van der Waals surface area contributed by atoms with Crippen LogP contribution in [0.4, 0.5) is 0 Å². The number of methoxy groups -OCH3 is 1. The predicted molar refractivity (Wildman–Crippen MR) is 114 cm³/mol. The second kappa shape index (κ2) is 11.9. The number of rotatable bonds is 12. The monoisotopic (exact) mass is 422 g/mol. The molecule has 1 N–H and O–H groups in total. The number of carbonyl (C=O) groups excluding carboxylic acids is 1. The van der Waals surface area contributed by atoms with Gasteiger partial charge in [0.1, 0.15) is 5.75 Å². The summed E-state index contributed by atoms with van der Waals surface area (Å²) in [5, 5.41) is 8.72. The summed E-state index contributed by atoms with van der Waals surface area (Å²) in [4.78, 5) is 25.7. The van der Waals surface area contributed by atoms with Gasteiger partial charge in [-0.3, -0.25) is 9.59 Å². The maximum atomic E-state index is 13.5. The zero-order valence-corrected chi connectivity index (χ0v) is 18.3. The molecule has 1 unspecified atom stereocenters. The maximum absolute atomic E-state index is 13.5. The highest BCUT2D eigenvalue weighted by Crippen LogP contribution is 2.30. The average molecular weight is 423 g/mol. The molecule has 0 radical (unpaired) electrons. The third kappa shape index (κ3) is 6.71. The molecule has 1 aliphatic rings. The molecule has 1 saturated heterocycles. The lowest BCUT2D eigenvalue weighted by molar-refractivity contribution is -0.168. The van der Waals surface area contributed by atoms with Crippen molar-refractivity contribution in [1.29, 1.82) is 0 Å². The Morgan fingerprint density at radius 2 is 1.93 bits per heavy atom. The molecular weight excluding hydrogens is 386 g/mol. The number of nitrogens with zero attached hydrogens (tertiary/aromatic N) is 1. The van der Waals surface area contributed by atoms with Crippen molar-refractivity contribution in [3.8, 4) is 5.75 Å². The fourth-order valence-electron chi connectivity index (χ4n) is 3.49. The molecule has 0 aromatic heterocycles. The van der Waals surface area contributed by atoms with E-state index in [4.69, 9.17) is 20.7 Å². The summed E-state index contributed by atoms with van der Waals surface area (Å²) in [5.74, 6) is -0.422. The van der Waals surface area contributed by atoms with E-state index < -0.39 is 18.1 Å². The van der Waals surface area contributed by atoms with E-state index >= 15 is 0 Å². The number of aliphatic carboxylic acids is 1. The number of amides is 1. The van der Waals surface area contributed by atoms with Gasteiger partial charge in [0.05, 0.1) is 7.98 Å². The molecule has 1 aliphatic heterocycles. The maximum Gasteiger partial charge on any atom is 0.303 e. The van der Waals surface area contributed by atoms with E-state index in [1.165, 1.54) is 0 Å². The molecule has 0 saturated carbocycles. The molecule has 2 rings (SSSR count). The van der Waals surface area contributed by atoms with Crippen molar-refractivity contribution in [3.05, 3.63) is 29.8 Å². The molecule has 30 heavy (non-hydrogen) atoms. The quantitative estimate of drug-likeness (QED) is 0.518. The van der Waals surface area contributed by atoms with Crippen molar-refractivity contribution < 1.29 is 30.3 Å². The van der Waals surface area contributed by atoms with Crippen molar-refractivity contribution in [1.82, 2.24) is 4.90 Å². The number of hydrogen-bond acceptors (Lipinski definition) is 5. The van der Waals surface area contributed by atoms with E-state index in [-0.39, 0.29) is 18.4 Å². The normalized spacial score (nSPS) is 17.3. The van der Waals surface area contributed by atoms with Crippen LogP contribution in [0.1, 0.15) is 59.3 Å². The lowest BCUT2D eigenvalue weighted by Crippen LogP contribution is -2.54. The molecule has 0 aliphatic carbocycles. The summed E-state index contributed by atoms with van der Waals surface area (Å²) < 4.78 is 25.9. The summed E-state index contributed by atoms with van der Waals surface area (Å²) >= 11 is 0. The molecule has 1 amide bonds. The largest absolute Gasteiger partial charge is 0.493 e. The fourth-order valence-corrected chi connectivity index (χ4v) is 3.49. The molecule has 1 aromatic carbocycles. The number of para-hydroxylation sites is 1. The summed E-state index contributed by atoms with van der Waals surface area (Å²) in [6.07, 6.45) is 3.18. The van der Waals surface area contributed by atoms with Gasteiger partial charge in [-0.1, -0.05) is 18.2 Å². The lowest BCUT2D eigenvalue weighted by Gasteiger charge is -2.40. The molecule has 1 fully saturated rings. The van der Waals surface area contributed by atoms with Crippen LogP contribution in [0.25, 0.3) is 0 Å². The smallest absolute Gasteiger partial charge is 0.303 e. The van der Waals surface area contributed by atoms with Crippen LogP contribution in [0, 0.1) is 0 Å². The molecule has 0 bridgehead atoms. The van der Waals surface area contributed by atoms with Crippen molar-refractivity contribution in [2.75, 3.05) is 26.9 Å². The van der Waals surface area contributed by atoms with Gasteiger partial charge in [-0.05, 0) is 39.2 Å². The summed E-state index contributed by atoms with van der Waals surface area (Å²) in [6.45, 7) is 4.19. The number of carboxylic acids is 1. The highest BCUT2D eigenvalue weighted by Gasteiger charge is 2.43. The topological polar surface area (TPSA) is 85.3 Å². The van der Waals surface area contributed by atoms with Crippen LogP contribution in [-0.4, -0.2) is 60.5 Å². The molecule has 7 nitrogen and oxygen atoms in total. The Labute approximate surface area is 180 Å². The Morgan fingerprint density at radius 3 is 2.57 bits per heavy atom. The Balaban J connectivity index is 2.12. The molecular formula is C23H35NO6. The number of benzene rings is 1. The molecule has 1 aromatic rings. The van der Waals surface area contributed by atoms with Gasteiger partial charge in [-0.15, -0.1) is 0 Å². The first-order chi connectivity index (χ1) is 14.8. The van der Waals surface area contributed by atoms with Crippen LogP contribution in [0.3, 0.4) is 0 Å². The van der Waals surface area contributed by atoms with E-state index in [9.17, 15) is 9.59 Å². The highest BCUT2D eigenvalue weighted by atomic mass is 16.5. The summed E-state index contributed by atoms with van der Waals surface area (Å²) in [5.41, 5.74) is -0.352. The minimum Gasteiger partial charge on any atom is -0.493 e. The molecule has 1 atom stereocenters. The number of ether oxygens (including phenoxy) is 3. The SMILES string of the molecule is [2H]C(c1ccccc1OCCCCCC(=O)O)N(C(=O)C1(OC)CCOCC1)C(C)C. The van der Waals surface area contributed by atoms with Crippen molar-refractivity contribution >= 4 is 11.9 Å². The van der Waals surface area contributed by atoms with Crippen molar-refractivity contribution in [3.63, 3.8) is 0 Å². The minimum absolute atomic E-state index is 0.156. The van der Waals surface area contributed by atoms with Gasteiger partial charge < -0.3 is 24.2 Å². The van der Waals surface area contributed by atoms with Gasteiger partial charge in [-0.25, -0.2) is 0 Å². The number of unbranched alkanes of at least 4 members (excludes halogenated alkanes) is 2. The summed E-state index contributed by atoms with van der Waals surface area (Å²) in [6, 6.07) is 7.09. The van der Waals surface area contributed by atoms with Gasteiger partial charge in [0.15, 0.2) is 5.60 Å². The Kier molecular flexibility index (Phi) is 8.96. The first-order valence-electron chi connectivity index (χ1n) is 11.2. The van der Waals surface area contributed by atoms with Gasteiger partial charge in [0.25, 0.3) is 5.91 Å². The van der Waals surface area contributed by atoms with Crippen molar-refractivity contribution in [2.45, 2.75) is 70.5 Å². The van der Waals surface area contributed by atoms with Crippen LogP contribution in [0.5, 0.6) is 5.75 Å². The van der Waals surface area contributed by atoms with Crippen molar-refractivity contribution in [2.24, 2.45) is 0 Å². The number of carbonyl (C=O) groups is 2. The lowest BCUT2D eigenvalue weighted by atomic mass is 9.91. The Hall–Kier alpha value is -2.12.